The quantitative estimate of drug-likeness (QED) is 0.702. The largest absolute Gasteiger partial charge is 0.390 e. The summed E-state index contributed by atoms with van der Waals surface area (Å²) < 4.78 is 5.18. The maximum atomic E-state index is 9.53. The molecular weight excluding hydrogens is 152 g/mol. The molecule has 0 aromatic rings. The third-order valence-electron chi connectivity index (χ3n) is 2.84. The number of ether oxygens (including phenoxy) is 1. The van der Waals surface area contributed by atoms with Crippen molar-refractivity contribution in [3.8, 4) is 0 Å². The normalized spacial score (nSPS) is 35.8. The van der Waals surface area contributed by atoms with Crippen molar-refractivity contribution in [3.05, 3.63) is 0 Å². The van der Waals surface area contributed by atoms with Crippen LogP contribution >= 0.6 is 0 Å². The molecule has 0 amide bonds. The lowest BCUT2D eigenvalue weighted by atomic mass is 10.0. The van der Waals surface area contributed by atoms with Gasteiger partial charge < -0.3 is 9.84 Å². The number of rotatable bonds is 4. The third kappa shape index (κ3) is 2.46. The van der Waals surface area contributed by atoms with Crippen LogP contribution < -0.4 is 0 Å². The monoisotopic (exact) mass is 172 g/mol. The van der Waals surface area contributed by atoms with Crippen LogP contribution in [0.4, 0.5) is 0 Å². The van der Waals surface area contributed by atoms with E-state index in [1.807, 2.05) is 0 Å². The Morgan fingerprint density at radius 1 is 1.42 bits per heavy atom. The summed E-state index contributed by atoms with van der Waals surface area (Å²) in [6.07, 6.45) is 5.69. The van der Waals surface area contributed by atoms with Crippen LogP contribution in [0.15, 0.2) is 0 Å². The lowest BCUT2D eigenvalue weighted by Crippen LogP contribution is -2.20. The van der Waals surface area contributed by atoms with Gasteiger partial charge in [0.25, 0.3) is 0 Å². The van der Waals surface area contributed by atoms with Crippen LogP contribution in [0.3, 0.4) is 0 Å². The molecule has 0 aliphatic heterocycles. The van der Waals surface area contributed by atoms with E-state index in [9.17, 15) is 5.11 Å². The summed E-state index contributed by atoms with van der Waals surface area (Å²) in [6.45, 7) is 2.21. The fourth-order valence-corrected chi connectivity index (χ4v) is 2.06. The Balaban J connectivity index is 2.23. The van der Waals surface area contributed by atoms with Crippen molar-refractivity contribution in [1.82, 2.24) is 0 Å². The molecule has 0 bridgehead atoms. The van der Waals surface area contributed by atoms with Crippen molar-refractivity contribution in [2.45, 2.75) is 51.2 Å². The van der Waals surface area contributed by atoms with Gasteiger partial charge in [-0.1, -0.05) is 26.2 Å². The minimum absolute atomic E-state index is 0.104. The van der Waals surface area contributed by atoms with E-state index in [2.05, 4.69) is 6.92 Å². The number of unbranched alkanes of at least 4 members (excludes halogenated alkanes) is 1. The van der Waals surface area contributed by atoms with Gasteiger partial charge >= 0.3 is 0 Å². The van der Waals surface area contributed by atoms with Gasteiger partial charge in [-0.3, -0.25) is 0 Å². The number of hydrogen-bond donors (Lipinski definition) is 1. The zero-order valence-corrected chi connectivity index (χ0v) is 8.12. The van der Waals surface area contributed by atoms with Crippen LogP contribution in [0.25, 0.3) is 0 Å². The van der Waals surface area contributed by atoms with E-state index in [1.165, 1.54) is 19.3 Å². The van der Waals surface area contributed by atoms with Crippen LogP contribution in [0.5, 0.6) is 0 Å². The summed E-state index contributed by atoms with van der Waals surface area (Å²) >= 11 is 0. The average Bonchev–Trinajstić information content (AvgIpc) is 2.43. The zero-order valence-electron chi connectivity index (χ0n) is 8.12. The Morgan fingerprint density at radius 2 is 2.17 bits per heavy atom. The van der Waals surface area contributed by atoms with Gasteiger partial charge in [0.1, 0.15) is 0 Å². The van der Waals surface area contributed by atoms with Crippen molar-refractivity contribution in [2.75, 3.05) is 7.11 Å². The zero-order chi connectivity index (χ0) is 8.97. The molecule has 3 unspecified atom stereocenters. The molecule has 0 heterocycles. The lowest BCUT2D eigenvalue weighted by Gasteiger charge is -2.10. The first-order valence-corrected chi connectivity index (χ1v) is 4.98. The summed E-state index contributed by atoms with van der Waals surface area (Å²) in [5.41, 5.74) is 0. The molecule has 1 rings (SSSR count). The van der Waals surface area contributed by atoms with E-state index in [1.54, 1.807) is 7.11 Å². The van der Waals surface area contributed by atoms with E-state index >= 15 is 0 Å². The van der Waals surface area contributed by atoms with Crippen molar-refractivity contribution >= 4 is 0 Å². The average molecular weight is 172 g/mol. The molecule has 1 aliphatic rings. The number of methoxy groups -OCH3 is 1. The second-order valence-corrected chi connectivity index (χ2v) is 3.82. The minimum Gasteiger partial charge on any atom is -0.390 e. The first-order chi connectivity index (χ1) is 5.77. The molecular formula is C10H20O2. The molecule has 1 saturated carbocycles. The molecule has 1 aliphatic carbocycles. The molecule has 2 heteroatoms. The number of aliphatic hydroxyl groups is 1. The fraction of sp³-hybridized carbons (Fsp3) is 1.00. The first-order valence-electron chi connectivity index (χ1n) is 4.98. The number of aliphatic hydroxyl groups excluding tert-OH is 1. The Bertz CT molecular complexity index is 125. The highest BCUT2D eigenvalue weighted by Crippen LogP contribution is 2.31. The molecule has 0 radical (unpaired) electrons. The van der Waals surface area contributed by atoms with Crippen molar-refractivity contribution in [3.63, 3.8) is 0 Å². The predicted octanol–water partition coefficient (Wildman–Crippen LogP) is 1.96. The summed E-state index contributed by atoms with van der Waals surface area (Å²) in [5.74, 6) is 0.699. The molecule has 0 saturated heterocycles. The molecule has 1 N–H and O–H groups in total. The predicted molar refractivity (Wildman–Crippen MR) is 49.1 cm³/mol. The second-order valence-electron chi connectivity index (χ2n) is 3.82. The van der Waals surface area contributed by atoms with Crippen LogP contribution in [-0.4, -0.2) is 24.4 Å². The SMILES string of the molecule is CCCCC1CC(O)C(OC)C1. The molecule has 2 nitrogen and oxygen atoms in total. The van der Waals surface area contributed by atoms with E-state index in [0.29, 0.717) is 5.92 Å². The molecule has 0 aromatic heterocycles. The van der Waals surface area contributed by atoms with Crippen molar-refractivity contribution < 1.29 is 9.84 Å². The lowest BCUT2D eigenvalue weighted by molar-refractivity contribution is 0.00975. The van der Waals surface area contributed by atoms with Gasteiger partial charge in [0.05, 0.1) is 12.2 Å². The van der Waals surface area contributed by atoms with Gasteiger partial charge in [0, 0.05) is 7.11 Å². The van der Waals surface area contributed by atoms with Gasteiger partial charge in [-0.2, -0.15) is 0 Å². The number of hydrogen-bond acceptors (Lipinski definition) is 2. The summed E-state index contributed by atoms with van der Waals surface area (Å²) in [6, 6.07) is 0. The van der Waals surface area contributed by atoms with E-state index in [0.717, 1.165) is 12.8 Å². The highest BCUT2D eigenvalue weighted by atomic mass is 16.5. The smallest absolute Gasteiger partial charge is 0.0832 e. The van der Waals surface area contributed by atoms with Crippen LogP contribution in [0.2, 0.25) is 0 Å². The molecule has 0 aromatic carbocycles. The van der Waals surface area contributed by atoms with Gasteiger partial charge in [0.2, 0.25) is 0 Å². The highest BCUT2D eigenvalue weighted by Gasteiger charge is 2.32. The third-order valence-corrected chi connectivity index (χ3v) is 2.84. The fourth-order valence-electron chi connectivity index (χ4n) is 2.06. The molecule has 72 valence electrons. The van der Waals surface area contributed by atoms with Crippen LogP contribution in [0.1, 0.15) is 39.0 Å². The summed E-state index contributed by atoms with van der Waals surface area (Å²) in [7, 11) is 1.69. The van der Waals surface area contributed by atoms with E-state index in [4.69, 9.17) is 4.74 Å². The maximum Gasteiger partial charge on any atom is 0.0832 e. The summed E-state index contributed by atoms with van der Waals surface area (Å²) in [5, 5.41) is 9.53. The van der Waals surface area contributed by atoms with Crippen molar-refractivity contribution in [2.24, 2.45) is 5.92 Å². The summed E-state index contributed by atoms with van der Waals surface area (Å²) in [4.78, 5) is 0. The van der Waals surface area contributed by atoms with Gasteiger partial charge in [-0.25, -0.2) is 0 Å². The first kappa shape index (κ1) is 10.0. The van der Waals surface area contributed by atoms with Crippen LogP contribution in [-0.2, 0) is 4.74 Å². The van der Waals surface area contributed by atoms with Crippen LogP contribution in [0, 0.1) is 5.92 Å². The second kappa shape index (κ2) is 4.83. The van der Waals surface area contributed by atoms with E-state index < -0.39 is 0 Å². The Morgan fingerprint density at radius 3 is 2.67 bits per heavy atom. The van der Waals surface area contributed by atoms with Gasteiger partial charge in [0.15, 0.2) is 0 Å². The van der Waals surface area contributed by atoms with Gasteiger partial charge in [-0.15, -0.1) is 0 Å². The standard InChI is InChI=1S/C10H20O2/c1-3-4-5-8-6-9(11)10(7-8)12-2/h8-11H,3-7H2,1-2H3. The maximum absolute atomic E-state index is 9.53. The Kier molecular flexibility index (Phi) is 4.02. The highest BCUT2D eigenvalue weighted by molar-refractivity contribution is 4.83. The molecule has 1 fully saturated rings. The van der Waals surface area contributed by atoms with Gasteiger partial charge in [-0.05, 0) is 18.8 Å². The molecule has 3 atom stereocenters. The van der Waals surface area contributed by atoms with E-state index in [-0.39, 0.29) is 12.2 Å². The minimum atomic E-state index is -0.211. The Labute approximate surface area is 74.9 Å². The Hall–Kier alpha value is -0.0800. The molecule has 0 spiro atoms. The van der Waals surface area contributed by atoms with Crippen molar-refractivity contribution in [1.29, 1.82) is 0 Å². The topological polar surface area (TPSA) is 29.5 Å². The molecule has 12 heavy (non-hydrogen) atoms.